The number of hydrogen-bond acceptors (Lipinski definition) is 5. The number of esters is 2. The van der Waals surface area contributed by atoms with E-state index in [9.17, 15) is 14.9 Å². The van der Waals surface area contributed by atoms with Crippen LogP contribution in [0.15, 0.2) is 29.8 Å². The first-order chi connectivity index (χ1) is 13.3. The zero-order valence-electron chi connectivity index (χ0n) is 15.2. The van der Waals surface area contributed by atoms with Crippen LogP contribution in [0.1, 0.15) is 23.4 Å². The van der Waals surface area contributed by atoms with Crippen molar-refractivity contribution in [3.8, 4) is 11.8 Å². The number of carbonyl (C=O) groups excluding carboxylic acids is 2. The molecule has 1 saturated heterocycles. The summed E-state index contributed by atoms with van der Waals surface area (Å²) in [6, 6.07) is 8.96. The number of benzene rings is 1. The van der Waals surface area contributed by atoms with Gasteiger partial charge in [-0.1, -0.05) is 29.3 Å². The van der Waals surface area contributed by atoms with Gasteiger partial charge in [-0.2, -0.15) is 5.26 Å². The van der Waals surface area contributed by atoms with Crippen LogP contribution in [-0.4, -0.2) is 29.2 Å². The lowest BCUT2D eigenvalue weighted by Gasteiger charge is -2.12. The summed E-state index contributed by atoms with van der Waals surface area (Å²) in [5, 5.41) is 10.2. The van der Waals surface area contributed by atoms with Gasteiger partial charge in [0.2, 0.25) is 6.10 Å². The Morgan fingerprint density at radius 3 is 2.79 bits per heavy atom. The van der Waals surface area contributed by atoms with E-state index >= 15 is 0 Å². The van der Waals surface area contributed by atoms with Crippen LogP contribution in [0.4, 0.5) is 0 Å². The number of aryl methyl sites for hydroxylation is 1. The number of halogens is 2. The van der Waals surface area contributed by atoms with E-state index in [1.54, 1.807) is 12.1 Å². The molecule has 1 aromatic carbocycles. The SMILES string of the molecule is Cc1cc(/C=C(\C#N)C(=O)OC2CCOC2=O)c(C)n1-c1cccc(Cl)c1Cl. The molecule has 1 unspecified atom stereocenters. The predicted octanol–water partition coefficient (Wildman–Crippen LogP) is 4.17. The summed E-state index contributed by atoms with van der Waals surface area (Å²) in [6.45, 7) is 3.91. The molecule has 1 aliphatic heterocycles. The summed E-state index contributed by atoms with van der Waals surface area (Å²) < 4.78 is 11.7. The summed E-state index contributed by atoms with van der Waals surface area (Å²) in [7, 11) is 0. The van der Waals surface area contributed by atoms with E-state index in [0.29, 0.717) is 21.3 Å². The second kappa shape index (κ2) is 8.09. The van der Waals surface area contributed by atoms with Crippen LogP contribution >= 0.6 is 23.2 Å². The second-order valence-corrected chi connectivity index (χ2v) is 7.04. The highest BCUT2D eigenvalue weighted by molar-refractivity contribution is 6.43. The van der Waals surface area contributed by atoms with Crippen molar-refractivity contribution in [3.63, 3.8) is 0 Å². The first-order valence-corrected chi connectivity index (χ1v) is 9.21. The molecule has 0 amide bonds. The van der Waals surface area contributed by atoms with E-state index in [0.717, 1.165) is 11.4 Å². The van der Waals surface area contributed by atoms with Crippen molar-refractivity contribution in [2.45, 2.75) is 26.4 Å². The van der Waals surface area contributed by atoms with Gasteiger partial charge in [-0.3, -0.25) is 0 Å². The van der Waals surface area contributed by atoms with Crippen molar-refractivity contribution < 1.29 is 19.1 Å². The highest BCUT2D eigenvalue weighted by Crippen LogP contribution is 2.32. The normalized spacial score (nSPS) is 16.6. The number of carbonyl (C=O) groups is 2. The Hall–Kier alpha value is -2.75. The monoisotopic (exact) mass is 418 g/mol. The fraction of sp³-hybridized carbons (Fsp3) is 0.250. The van der Waals surface area contributed by atoms with Crippen LogP contribution in [0.5, 0.6) is 0 Å². The molecule has 0 spiro atoms. The largest absolute Gasteiger partial charge is 0.463 e. The van der Waals surface area contributed by atoms with Crippen LogP contribution < -0.4 is 0 Å². The summed E-state index contributed by atoms with van der Waals surface area (Å²) in [6.07, 6.45) is 0.743. The molecule has 6 nitrogen and oxygen atoms in total. The summed E-state index contributed by atoms with van der Waals surface area (Å²) >= 11 is 12.5. The van der Waals surface area contributed by atoms with Crippen LogP contribution in [0.25, 0.3) is 11.8 Å². The molecular weight excluding hydrogens is 403 g/mol. The van der Waals surface area contributed by atoms with Gasteiger partial charge in [0.15, 0.2) is 0 Å². The van der Waals surface area contributed by atoms with Gasteiger partial charge in [0.25, 0.3) is 0 Å². The zero-order valence-corrected chi connectivity index (χ0v) is 16.7. The van der Waals surface area contributed by atoms with E-state index in [4.69, 9.17) is 32.7 Å². The van der Waals surface area contributed by atoms with Crippen LogP contribution in [0.2, 0.25) is 10.0 Å². The Morgan fingerprint density at radius 2 is 2.14 bits per heavy atom. The standard InChI is InChI=1S/C20H16Cl2N2O4/c1-11-8-13(12(2)24(11)16-5-3-4-15(21)18(16)22)9-14(10-23)19(25)28-17-6-7-27-20(17)26/h3-5,8-9,17H,6-7H2,1-2H3/b14-9+. The highest BCUT2D eigenvalue weighted by atomic mass is 35.5. The predicted molar refractivity (Wildman–Crippen MR) is 104 cm³/mol. The maximum absolute atomic E-state index is 12.3. The third kappa shape index (κ3) is 3.77. The minimum atomic E-state index is -0.970. The van der Waals surface area contributed by atoms with Gasteiger partial charge in [0, 0.05) is 17.8 Å². The Kier molecular flexibility index (Phi) is 5.78. The zero-order chi connectivity index (χ0) is 20.4. The third-order valence-electron chi connectivity index (χ3n) is 4.42. The molecule has 0 aliphatic carbocycles. The summed E-state index contributed by atoms with van der Waals surface area (Å²) in [5.74, 6) is -1.46. The van der Waals surface area contributed by atoms with Crippen molar-refractivity contribution in [2.75, 3.05) is 6.61 Å². The number of nitrogens with zero attached hydrogens (tertiary/aromatic N) is 2. The molecule has 0 radical (unpaired) electrons. The minimum absolute atomic E-state index is 0.198. The van der Waals surface area contributed by atoms with Crippen molar-refractivity contribution in [1.82, 2.24) is 4.57 Å². The molecular formula is C20H16Cl2N2O4. The molecule has 8 heteroatoms. The molecule has 0 N–H and O–H groups in total. The molecule has 2 aromatic rings. The number of aromatic nitrogens is 1. The number of nitriles is 1. The highest BCUT2D eigenvalue weighted by Gasteiger charge is 2.31. The third-order valence-corrected chi connectivity index (χ3v) is 5.23. The molecule has 1 atom stereocenters. The lowest BCUT2D eigenvalue weighted by molar-refractivity contribution is -0.157. The molecule has 28 heavy (non-hydrogen) atoms. The topological polar surface area (TPSA) is 81.3 Å². The first kappa shape index (κ1) is 20.0. The molecule has 0 saturated carbocycles. The van der Waals surface area contributed by atoms with Crippen molar-refractivity contribution in [2.24, 2.45) is 0 Å². The Bertz CT molecular complexity index is 1030. The van der Waals surface area contributed by atoms with Crippen molar-refractivity contribution in [1.29, 1.82) is 5.26 Å². The lowest BCUT2D eigenvalue weighted by Crippen LogP contribution is -2.23. The Balaban J connectivity index is 1.95. The van der Waals surface area contributed by atoms with E-state index in [1.807, 2.05) is 36.6 Å². The van der Waals surface area contributed by atoms with Gasteiger partial charge in [-0.25, -0.2) is 9.59 Å². The van der Waals surface area contributed by atoms with E-state index in [-0.39, 0.29) is 18.6 Å². The molecule has 3 rings (SSSR count). The number of ether oxygens (including phenoxy) is 2. The molecule has 1 fully saturated rings. The molecule has 144 valence electrons. The van der Waals surface area contributed by atoms with Gasteiger partial charge >= 0.3 is 11.9 Å². The van der Waals surface area contributed by atoms with Crippen LogP contribution in [0.3, 0.4) is 0 Å². The summed E-state index contributed by atoms with van der Waals surface area (Å²) in [5.41, 5.74) is 2.74. The molecule has 2 heterocycles. The average molecular weight is 419 g/mol. The second-order valence-electron chi connectivity index (χ2n) is 6.25. The average Bonchev–Trinajstić information content (AvgIpc) is 3.18. The number of hydrogen-bond donors (Lipinski definition) is 0. The van der Waals surface area contributed by atoms with E-state index in [1.165, 1.54) is 6.08 Å². The smallest absolute Gasteiger partial charge is 0.349 e. The van der Waals surface area contributed by atoms with E-state index in [2.05, 4.69) is 0 Å². The number of rotatable bonds is 4. The molecule has 1 aliphatic rings. The van der Waals surface area contributed by atoms with Crippen molar-refractivity contribution >= 4 is 41.2 Å². The first-order valence-electron chi connectivity index (χ1n) is 8.46. The minimum Gasteiger partial charge on any atom is -0.463 e. The maximum Gasteiger partial charge on any atom is 0.349 e. The van der Waals surface area contributed by atoms with Gasteiger partial charge in [0.1, 0.15) is 11.6 Å². The Labute approximate surface area is 171 Å². The maximum atomic E-state index is 12.3. The van der Waals surface area contributed by atoms with Crippen molar-refractivity contribution in [3.05, 3.63) is 56.8 Å². The molecule has 1 aromatic heterocycles. The van der Waals surface area contributed by atoms with Crippen LogP contribution in [0, 0.1) is 25.2 Å². The van der Waals surface area contributed by atoms with Gasteiger partial charge < -0.3 is 14.0 Å². The van der Waals surface area contributed by atoms with Gasteiger partial charge in [-0.05, 0) is 43.7 Å². The summed E-state index contributed by atoms with van der Waals surface area (Å²) in [4.78, 5) is 23.8. The number of cyclic esters (lactones) is 1. The quantitative estimate of drug-likeness (QED) is 0.422. The van der Waals surface area contributed by atoms with Crippen LogP contribution in [-0.2, 0) is 19.1 Å². The van der Waals surface area contributed by atoms with Gasteiger partial charge in [0.05, 0.1) is 22.3 Å². The van der Waals surface area contributed by atoms with E-state index < -0.39 is 18.0 Å². The fourth-order valence-electron chi connectivity index (χ4n) is 3.04. The lowest BCUT2D eigenvalue weighted by atomic mass is 10.1. The molecule has 0 bridgehead atoms. The Morgan fingerprint density at radius 1 is 1.39 bits per heavy atom. The fourth-order valence-corrected chi connectivity index (χ4v) is 3.42. The van der Waals surface area contributed by atoms with Gasteiger partial charge in [-0.15, -0.1) is 0 Å².